The molecule has 2 heterocycles. The van der Waals surface area contributed by atoms with Gasteiger partial charge in [0.25, 0.3) is 0 Å². The number of hydrogen-bond donors (Lipinski definition) is 2. The van der Waals surface area contributed by atoms with Gasteiger partial charge in [-0.05, 0) is 55.7 Å². The van der Waals surface area contributed by atoms with Crippen molar-refractivity contribution in [1.29, 1.82) is 0 Å². The van der Waals surface area contributed by atoms with E-state index in [0.29, 0.717) is 0 Å². The summed E-state index contributed by atoms with van der Waals surface area (Å²) in [4.78, 5) is 5.38. The normalized spacial score (nSPS) is 13.9. The van der Waals surface area contributed by atoms with Gasteiger partial charge in [0.1, 0.15) is 17.5 Å². The van der Waals surface area contributed by atoms with E-state index < -0.39 is 0 Å². The van der Waals surface area contributed by atoms with E-state index in [1.807, 2.05) is 12.1 Å². The molecule has 6 nitrogen and oxygen atoms in total. The number of aryl methyl sites for hydroxylation is 2. The van der Waals surface area contributed by atoms with Crippen LogP contribution in [0.15, 0.2) is 34.2 Å². The highest BCUT2D eigenvalue weighted by atomic mass is 127. The molecule has 9 heteroatoms. The molecular weight excluding hydrogens is 514 g/mol. The van der Waals surface area contributed by atoms with Crippen LogP contribution in [-0.2, 0) is 19.4 Å². The molecular formula is C21H32FIN6S. The molecule has 0 aliphatic carbocycles. The lowest BCUT2D eigenvalue weighted by atomic mass is 10.2. The predicted molar refractivity (Wildman–Crippen MR) is 132 cm³/mol. The van der Waals surface area contributed by atoms with Gasteiger partial charge >= 0.3 is 0 Å². The average molecular weight is 546 g/mol. The largest absolute Gasteiger partial charge is 0.356 e. The lowest BCUT2D eigenvalue weighted by molar-refractivity contribution is 0.594. The van der Waals surface area contributed by atoms with Crippen LogP contribution in [0.2, 0.25) is 0 Å². The minimum atomic E-state index is -0.190. The van der Waals surface area contributed by atoms with E-state index in [0.717, 1.165) is 73.6 Å². The van der Waals surface area contributed by atoms with Gasteiger partial charge < -0.3 is 15.2 Å². The molecule has 0 radical (unpaired) electrons. The summed E-state index contributed by atoms with van der Waals surface area (Å²) in [6.07, 6.45) is 7.74. The van der Waals surface area contributed by atoms with Crippen molar-refractivity contribution in [3.05, 3.63) is 41.7 Å². The van der Waals surface area contributed by atoms with E-state index in [4.69, 9.17) is 0 Å². The maximum absolute atomic E-state index is 12.9. The van der Waals surface area contributed by atoms with Gasteiger partial charge in [-0.2, -0.15) is 0 Å². The molecule has 0 bridgehead atoms. The standard InChI is InChI=1S/C21H31FN6S.HI/c1-23-21(25-14-6-16-29-18-11-9-17(22)10-12-18)24-13-5-8-20-27-26-19-7-3-2-4-15-28(19)20;/h9-12H,2-8,13-16H2,1H3,(H2,23,24,25);1H. The molecule has 3 rings (SSSR count). The van der Waals surface area contributed by atoms with E-state index in [9.17, 15) is 4.39 Å². The van der Waals surface area contributed by atoms with Crippen LogP contribution in [0.1, 0.15) is 43.8 Å². The quantitative estimate of drug-likeness (QED) is 0.164. The Hall–Kier alpha value is -1.36. The number of hydrogen-bond acceptors (Lipinski definition) is 4. The van der Waals surface area contributed by atoms with Crippen LogP contribution in [0.5, 0.6) is 0 Å². The van der Waals surface area contributed by atoms with E-state index in [2.05, 4.69) is 30.4 Å². The SMILES string of the molecule is CN=C(NCCCSc1ccc(F)cc1)NCCCc1nnc2n1CCCCC2.I. The number of aromatic nitrogens is 3. The number of fused-ring (bicyclic) bond motifs is 1. The summed E-state index contributed by atoms with van der Waals surface area (Å²) in [7, 11) is 1.79. The number of nitrogens with one attached hydrogen (secondary N) is 2. The maximum Gasteiger partial charge on any atom is 0.190 e. The van der Waals surface area contributed by atoms with Crippen molar-refractivity contribution in [2.75, 3.05) is 25.9 Å². The fraction of sp³-hybridized carbons (Fsp3) is 0.571. The molecule has 1 aromatic carbocycles. The monoisotopic (exact) mass is 546 g/mol. The summed E-state index contributed by atoms with van der Waals surface area (Å²) in [6, 6.07) is 6.65. The molecule has 1 aromatic heterocycles. The summed E-state index contributed by atoms with van der Waals surface area (Å²) in [5, 5.41) is 15.5. The Morgan fingerprint density at radius 1 is 1.10 bits per heavy atom. The van der Waals surface area contributed by atoms with Crippen LogP contribution in [0.25, 0.3) is 0 Å². The second-order valence-electron chi connectivity index (χ2n) is 7.18. The maximum atomic E-state index is 12.9. The van der Waals surface area contributed by atoms with Crippen molar-refractivity contribution in [3.8, 4) is 0 Å². The van der Waals surface area contributed by atoms with E-state index in [1.165, 1.54) is 31.4 Å². The second kappa shape index (κ2) is 13.8. The van der Waals surface area contributed by atoms with Crippen LogP contribution in [-0.4, -0.2) is 46.6 Å². The van der Waals surface area contributed by atoms with E-state index in [-0.39, 0.29) is 29.8 Å². The van der Waals surface area contributed by atoms with Crippen LogP contribution >= 0.6 is 35.7 Å². The number of nitrogens with zero attached hydrogens (tertiary/aromatic N) is 4. The first-order valence-electron chi connectivity index (χ1n) is 10.5. The molecule has 0 unspecified atom stereocenters. The molecule has 0 spiro atoms. The van der Waals surface area contributed by atoms with Gasteiger partial charge in [-0.1, -0.05) is 6.42 Å². The number of guanidine groups is 1. The highest BCUT2D eigenvalue weighted by Crippen LogP contribution is 2.18. The topological polar surface area (TPSA) is 67.1 Å². The van der Waals surface area contributed by atoms with Crippen molar-refractivity contribution in [2.24, 2.45) is 4.99 Å². The first-order chi connectivity index (χ1) is 14.3. The minimum Gasteiger partial charge on any atom is -0.356 e. The highest BCUT2D eigenvalue weighted by Gasteiger charge is 2.14. The number of rotatable bonds is 9. The van der Waals surface area contributed by atoms with Crippen LogP contribution in [0.3, 0.4) is 0 Å². The van der Waals surface area contributed by atoms with Gasteiger partial charge in [-0.3, -0.25) is 4.99 Å². The van der Waals surface area contributed by atoms with Crippen molar-refractivity contribution in [3.63, 3.8) is 0 Å². The second-order valence-corrected chi connectivity index (χ2v) is 8.35. The summed E-state index contributed by atoms with van der Waals surface area (Å²) < 4.78 is 15.2. The molecule has 0 amide bonds. The Morgan fingerprint density at radius 3 is 2.63 bits per heavy atom. The average Bonchev–Trinajstić information content (AvgIpc) is 2.96. The Bertz CT molecular complexity index is 780. The Morgan fingerprint density at radius 2 is 1.87 bits per heavy atom. The lowest BCUT2D eigenvalue weighted by Crippen LogP contribution is -2.38. The van der Waals surface area contributed by atoms with Gasteiger partial charge in [0.15, 0.2) is 5.96 Å². The van der Waals surface area contributed by atoms with Gasteiger partial charge in [0.2, 0.25) is 0 Å². The first kappa shape index (κ1) is 24.9. The number of thioether (sulfide) groups is 1. The minimum absolute atomic E-state index is 0. The van der Waals surface area contributed by atoms with Crippen LogP contribution in [0, 0.1) is 5.82 Å². The number of halogens is 2. The molecule has 0 atom stereocenters. The molecule has 1 aliphatic heterocycles. The predicted octanol–water partition coefficient (Wildman–Crippen LogP) is 4.04. The lowest BCUT2D eigenvalue weighted by Gasteiger charge is -2.12. The summed E-state index contributed by atoms with van der Waals surface area (Å²) in [5.74, 6) is 3.89. The van der Waals surface area contributed by atoms with Gasteiger partial charge in [-0.25, -0.2) is 4.39 Å². The van der Waals surface area contributed by atoms with Crippen molar-refractivity contribution in [2.45, 2.75) is 56.4 Å². The van der Waals surface area contributed by atoms with Crippen molar-refractivity contribution >= 4 is 41.7 Å². The molecule has 1 aliphatic rings. The van der Waals surface area contributed by atoms with Crippen molar-refractivity contribution in [1.82, 2.24) is 25.4 Å². The third-order valence-corrected chi connectivity index (χ3v) is 6.07. The van der Waals surface area contributed by atoms with E-state index in [1.54, 1.807) is 18.8 Å². The Balaban J connectivity index is 0.00000320. The van der Waals surface area contributed by atoms with Gasteiger partial charge in [0.05, 0.1) is 0 Å². The van der Waals surface area contributed by atoms with Crippen LogP contribution < -0.4 is 10.6 Å². The fourth-order valence-corrected chi connectivity index (χ4v) is 4.26. The molecule has 2 aromatic rings. The Labute approximate surface area is 199 Å². The smallest absolute Gasteiger partial charge is 0.190 e. The summed E-state index contributed by atoms with van der Waals surface area (Å²) >= 11 is 1.74. The number of aliphatic imine (C=N–C) groups is 1. The first-order valence-corrected chi connectivity index (χ1v) is 11.5. The molecule has 0 saturated carbocycles. The van der Waals surface area contributed by atoms with Crippen molar-refractivity contribution < 1.29 is 4.39 Å². The Kier molecular flexibility index (Phi) is 11.5. The zero-order chi connectivity index (χ0) is 20.3. The molecule has 30 heavy (non-hydrogen) atoms. The zero-order valence-corrected chi connectivity index (χ0v) is 20.7. The third kappa shape index (κ3) is 8.05. The zero-order valence-electron chi connectivity index (χ0n) is 17.6. The van der Waals surface area contributed by atoms with Gasteiger partial charge in [-0.15, -0.1) is 45.9 Å². The summed E-state index contributed by atoms with van der Waals surface area (Å²) in [5.41, 5.74) is 0. The summed E-state index contributed by atoms with van der Waals surface area (Å²) in [6.45, 7) is 2.77. The third-order valence-electron chi connectivity index (χ3n) is 4.98. The highest BCUT2D eigenvalue weighted by molar-refractivity contribution is 14.0. The molecule has 0 saturated heterocycles. The molecule has 2 N–H and O–H groups in total. The van der Waals surface area contributed by atoms with Gasteiger partial charge in [0, 0.05) is 44.4 Å². The number of benzene rings is 1. The molecule has 166 valence electrons. The van der Waals surface area contributed by atoms with Crippen LogP contribution in [0.4, 0.5) is 4.39 Å². The molecule has 0 fully saturated rings. The fourth-order valence-electron chi connectivity index (χ4n) is 3.40. The van der Waals surface area contributed by atoms with E-state index >= 15 is 0 Å².